The van der Waals surface area contributed by atoms with E-state index in [1.54, 1.807) is 21.6 Å². The van der Waals surface area contributed by atoms with Gasteiger partial charge in [-0.3, -0.25) is 14.6 Å². The highest BCUT2D eigenvalue weighted by Crippen LogP contribution is 2.26. The minimum absolute atomic E-state index is 0.475. The lowest BCUT2D eigenvalue weighted by Gasteiger charge is -2.35. The number of allylic oxidation sites excluding steroid dienone is 3. The number of rotatable bonds is 7. The molecule has 0 aromatic carbocycles. The molecule has 10 nitrogen and oxygen atoms in total. The Morgan fingerprint density at radius 2 is 1.92 bits per heavy atom. The summed E-state index contributed by atoms with van der Waals surface area (Å²) < 4.78 is 3.44. The first-order valence-electron chi connectivity index (χ1n) is 12.5. The summed E-state index contributed by atoms with van der Waals surface area (Å²) in [6.45, 7) is 12.2. The van der Waals surface area contributed by atoms with Gasteiger partial charge in [-0.05, 0) is 44.3 Å². The Bertz CT molecular complexity index is 1570. The number of hydrogen-bond acceptors (Lipinski definition) is 8. The molecular formula is C28H30N10. The van der Waals surface area contributed by atoms with E-state index in [-0.39, 0.29) is 0 Å². The van der Waals surface area contributed by atoms with Crippen molar-refractivity contribution in [2.75, 3.05) is 26.2 Å². The summed E-state index contributed by atoms with van der Waals surface area (Å²) in [7, 11) is 1.86. The Balaban J connectivity index is 1.37. The SMILES string of the molecule is C=N/C(=C\C=C(/C)c1nc(-c2cnn(C)c2)cn2ncc(C#N)c12)N1CCN(Cc2cccc(C)n2)CC1. The number of aryl methyl sites for hydroxylation is 2. The number of nitrogens with zero attached hydrogens (tertiary/aromatic N) is 10. The number of aliphatic imine (C=N–C) groups is 1. The van der Waals surface area contributed by atoms with E-state index >= 15 is 0 Å². The van der Waals surface area contributed by atoms with Gasteiger partial charge >= 0.3 is 0 Å². The third kappa shape index (κ3) is 5.23. The van der Waals surface area contributed by atoms with Crippen LogP contribution in [0.2, 0.25) is 0 Å². The van der Waals surface area contributed by atoms with Gasteiger partial charge < -0.3 is 4.90 Å². The number of pyridine rings is 1. The van der Waals surface area contributed by atoms with Gasteiger partial charge in [-0.15, -0.1) is 0 Å². The zero-order valence-corrected chi connectivity index (χ0v) is 21.9. The Hall–Kier alpha value is -4.62. The van der Waals surface area contributed by atoms with Gasteiger partial charge in [0.25, 0.3) is 0 Å². The third-order valence-electron chi connectivity index (χ3n) is 6.66. The van der Waals surface area contributed by atoms with E-state index in [9.17, 15) is 5.26 Å². The lowest BCUT2D eigenvalue weighted by atomic mass is 10.1. The topological polar surface area (TPSA) is 104 Å². The highest BCUT2D eigenvalue weighted by molar-refractivity contribution is 5.81. The molecule has 1 saturated heterocycles. The molecule has 0 aliphatic carbocycles. The van der Waals surface area contributed by atoms with E-state index in [1.165, 1.54) is 0 Å². The molecule has 0 unspecified atom stereocenters. The van der Waals surface area contributed by atoms with Gasteiger partial charge in [0.1, 0.15) is 17.4 Å². The summed E-state index contributed by atoms with van der Waals surface area (Å²) >= 11 is 0. The lowest BCUT2D eigenvalue weighted by molar-refractivity contribution is 0.151. The molecule has 4 aromatic rings. The monoisotopic (exact) mass is 506 g/mol. The van der Waals surface area contributed by atoms with Crippen LogP contribution in [0.15, 0.2) is 66.0 Å². The summed E-state index contributed by atoms with van der Waals surface area (Å²) in [5, 5.41) is 18.3. The van der Waals surface area contributed by atoms with E-state index < -0.39 is 0 Å². The van der Waals surface area contributed by atoms with Crippen LogP contribution < -0.4 is 0 Å². The number of aromatic nitrogens is 6. The van der Waals surface area contributed by atoms with Crippen molar-refractivity contribution in [3.05, 3.63) is 83.6 Å². The van der Waals surface area contributed by atoms with Crippen molar-refractivity contribution in [2.45, 2.75) is 20.4 Å². The first-order valence-corrected chi connectivity index (χ1v) is 12.5. The van der Waals surface area contributed by atoms with Gasteiger partial charge in [-0.1, -0.05) is 12.1 Å². The fraction of sp³-hybridized carbons (Fsp3) is 0.286. The van der Waals surface area contributed by atoms with E-state index in [0.717, 1.165) is 66.8 Å². The molecule has 0 atom stereocenters. The maximum absolute atomic E-state index is 9.66. The van der Waals surface area contributed by atoms with Crippen LogP contribution in [0.3, 0.4) is 0 Å². The highest BCUT2D eigenvalue weighted by atomic mass is 15.3. The number of fused-ring (bicyclic) bond motifs is 1. The average Bonchev–Trinajstić information content (AvgIpc) is 3.55. The van der Waals surface area contributed by atoms with E-state index in [1.807, 2.05) is 51.5 Å². The van der Waals surface area contributed by atoms with Crippen molar-refractivity contribution in [1.29, 1.82) is 5.26 Å². The minimum Gasteiger partial charge on any atom is -0.354 e. The van der Waals surface area contributed by atoms with E-state index in [4.69, 9.17) is 4.98 Å². The van der Waals surface area contributed by atoms with Crippen molar-refractivity contribution < 1.29 is 0 Å². The standard InChI is InChI=1S/C28H30N10/c1-20(27-28-22(14-29)15-32-38(28)19-25(34-27)23-16-31-35(4)17-23)8-9-26(30-3)37-12-10-36(11-13-37)18-24-7-5-6-21(2)33-24/h5-9,15-17,19H,3,10-13,18H2,1-2,4H3/b20-8+,26-9+. The van der Waals surface area contributed by atoms with E-state index in [0.29, 0.717) is 16.8 Å². The van der Waals surface area contributed by atoms with Gasteiger partial charge in [0, 0.05) is 57.2 Å². The second kappa shape index (κ2) is 10.8. The van der Waals surface area contributed by atoms with Crippen LogP contribution in [0.5, 0.6) is 0 Å². The number of nitriles is 1. The number of piperazine rings is 1. The maximum Gasteiger partial charge on any atom is 0.127 e. The fourth-order valence-corrected chi connectivity index (χ4v) is 4.65. The van der Waals surface area contributed by atoms with Crippen molar-refractivity contribution in [1.82, 2.24) is 39.2 Å². The van der Waals surface area contributed by atoms with Crippen molar-refractivity contribution in [3.63, 3.8) is 0 Å². The third-order valence-corrected chi connectivity index (χ3v) is 6.66. The Labute approximate surface area is 221 Å². The highest BCUT2D eigenvalue weighted by Gasteiger charge is 2.19. The molecule has 5 rings (SSSR count). The molecular weight excluding hydrogens is 476 g/mol. The van der Waals surface area contributed by atoms with E-state index in [2.05, 4.69) is 54.9 Å². The van der Waals surface area contributed by atoms with Crippen molar-refractivity contribution in [2.24, 2.45) is 12.0 Å². The van der Waals surface area contributed by atoms with Crippen LogP contribution in [0.4, 0.5) is 0 Å². The zero-order chi connectivity index (χ0) is 26.6. The van der Waals surface area contributed by atoms with Crippen LogP contribution in [-0.2, 0) is 13.6 Å². The first-order chi connectivity index (χ1) is 18.4. The molecule has 5 heterocycles. The maximum atomic E-state index is 9.66. The Morgan fingerprint density at radius 3 is 2.61 bits per heavy atom. The molecule has 0 N–H and O–H groups in total. The summed E-state index contributed by atoms with van der Waals surface area (Å²) in [6.07, 6.45) is 11.0. The normalized spacial score (nSPS) is 15.2. The summed E-state index contributed by atoms with van der Waals surface area (Å²) in [5.74, 6) is 0.811. The van der Waals surface area contributed by atoms with Gasteiger partial charge in [0.15, 0.2) is 0 Å². The molecule has 10 heteroatoms. The van der Waals surface area contributed by atoms with Gasteiger partial charge in [-0.2, -0.15) is 15.5 Å². The molecule has 1 aliphatic rings. The van der Waals surface area contributed by atoms with Crippen LogP contribution in [0.25, 0.3) is 22.3 Å². The average molecular weight is 507 g/mol. The predicted molar refractivity (Wildman–Crippen MR) is 147 cm³/mol. The van der Waals surface area contributed by atoms with Crippen LogP contribution in [-0.4, -0.2) is 72.1 Å². The van der Waals surface area contributed by atoms with Gasteiger partial charge in [0.2, 0.25) is 0 Å². The second-order valence-corrected chi connectivity index (χ2v) is 9.41. The lowest BCUT2D eigenvalue weighted by Crippen LogP contribution is -2.45. The number of hydrogen-bond donors (Lipinski definition) is 0. The minimum atomic E-state index is 0.475. The largest absolute Gasteiger partial charge is 0.354 e. The molecule has 0 amide bonds. The molecule has 0 radical (unpaired) electrons. The van der Waals surface area contributed by atoms with Crippen molar-refractivity contribution in [3.8, 4) is 17.3 Å². The van der Waals surface area contributed by atoms with Crippen LogP contribution >= 0.6 is 0 Å². The predicted octanol–water partition coefficient (Wildman–Crippen LogP) is 3.47. The van der Waals surface area contributed by atoms with Gasteiger partial charge in [0.05, 0.1) is 41.2 Å². The summed E-state index contributed by atoms with van der Waals surface area (Å²) in [6, 6.07) is 8.39. The quantitative estimate of drug-likeness (QED) is 0.279. The molecule has 0 bridgehead atoms. The fourth-order valence-electron chi connectivity index (χ4n) is 4.65. The summed E-state index contributed by atoms with van der Waals surface area (Å²) in [4.78, 5) is 18.5. The molecule has 1 fully saturated rings. The molecule has 1 aliphatic heterocycles. The molecule has 4 aromatic heterocycles. The smallest absolute Gasteiger partial charge is 0.127 e. The van der Waals surface area contributed by atoms with Crippen LogP contribution in [0.1, 0.15) is 29.6 Å². The second-order valence-electron chi connectivity index (χ2n) is 9.41. The van der Waals surface area contributed by atoms with Gasteiger partial charge in [-0.25, -0.2) is 14.5 Å². The van der Waals surface area contributed by atoms with Crippen LogP contribution in [0, 0.1) is 18.3 Å². The zero-order valence-electron chi connectivity index (χ0n) is 21.9. The van der Waals surface area contributed by atoms with Crippen molar-refractivity contribution >= 4 is 17.8 Å². The summed E-state index contributed by atoms with van der Waals surface area (Å²) in [5.41, 5.74) is 6.47. The first kappa shape index (κ1) is 25.0. The molecule has 38 heavy (non-hydrogen) atoms. The Morgan fingerprint density at radius 1 is 1.11 bits per heavy atom. The molecule has 192 valence electrons. The molecule has 0 saturated carbocycles. The Kier molecular flexibility index (Phi) is 7.11. The molecule has 0 spiro atoms.